The summed E-state index contributed by atoms with van der Waals surface area (Å²) in [6.45, 7) is 3.95. The van der Waals surface area contributed by atoms with E-state index in [1.54, 1.807) is 4.40 Å². The number of benzene rings is 2. The monoisotopic (exact) mass is 409 g/mol. The molecule has 0 saturated carbocycles. The van der Waals surface area contributed by atoms with E-state index in [0.29, 0.717) is 24.2 Å². The van der Waals surface area contributed by atoms with E-state index in [1.807, 2.05) is 74.6 Å². The maximum Gasteiger partial charge on any atom is 0.219 e. The zero-order valence-electron chi connectivity index (χ0n) is 17.5. The summed E-state index contributed by atoms with van der Waals surface area (Å²) in [6, 6.07) is 22.2. The van der Waals surface area contributed by atoms with E-state index in [1.165, 1.54) is 0 Å². The summed E-state index contributed by atoms with van der Waals surface area (Å²) in [5.74, 6) is 1.79. The Bertz CT molecular complexity index is 1330. The Morgan fingerprint density at radius 1 is 0.871 bits per heavy atom. The van der Waals surface area contributed by atoms with E-state index >= 15 is 0 Å². The predicted molar refractivity (Wildman–Crippen MR) is 120 cm³/mol. The molecule has 0 aliphatic carbocycles. The van der Waals surface area contributed by atoms with Crippen LogP contribution < -0.4 is 0 Å². The molecule has 154 valence electrons. The molecule has 0 atom stereocenters. The van der Waals surface area contributed by atoms with Gasteiger partial charge in [-0.2, -0.15) is 0 Å². The van der Waals surface area contributed by atoms with Crippen molar-refractivity contribution in [3.8, 4) is 17.1 Å². The predicted octanol–water partition coefficient (Wildman–Crippen LogP) is 5.49. The first-order valence-electron chi connectivity index (χ1n) is 10.3. The Labute approximate surface area is 180 Å². The molecule has 5 aromatic rings. The van der Waals surface area contributed by atoms with E-state index in [4.69, 9.17) is 14.4 Å². The van der Waals surface area contributed by atoms with Crippen LogP contribution in [0.1, 0.15) is 34.0 Å². The van der Waals surface area contributed by atoms with Crippen LogP contribution in [0.3, 0.4) is 0 Å². The van der Waals surface area contributed by atoms with Crippen molar-refractivity contribution in [3.05, 3.63) is 107 Å². The summed E-state index contributed by atoms with van der Waals surface area (Å²) >= 11 is 0. The summed E-state index contributed by atoms with van der Waals surface area (Å²) in [4.78, 5) is 9.70. The average molecular weight is 409 g/mol. The number of nitrogens with zero attached hydrogens (tertiary/aromatic N) is 3. The average Bonchev–Trinajstić information content (AvgIpc) is 3.28. The molecule has 0 aliphatic rings. The van der Waals surface area contributed by atoms with Gasteiger partial charge in [-0.25, -0.2) is 9.97 Å². The minimum atomic E-state index is 0.121. The lowest BCUT2D eigenvalue weighted by atomic mass is 10.1. The second-order valence-corrected chi connectivity index (χ2v) is 7.81. The third-order valence-corrected chi connectivity index (χ3v) is 5.56. The van der Waals surface area contributed by atoms with Gasteiger partial charge in [-0.15, -0.1) is 0 Å². The maximum atomic E-state index is 11.0. The van der Waals surface area contributed by atoms with Crippen LogP contribution in [0.4, 0.5) is 0 Å². The molecule has 0 amide bonds. The van der Waals surface area contributed by atoms with E-state index in [9.17, 15) is 5.11 Å². The lowest BCUT2D eigenvalue weighted by molar-refractivity contribution is 0.436. The molecule has 3 heterocycles. The highest BCUT2D eigenvalue weighted by Gasteiger charge is 2.19. The van der Waals surface area contributed by atoms with Crippen LogP contribution in [-0.2, 0) is 12.8 Å². The smallest absolute Gasteiger partial charge is 0.219 e. The molecule has 5 heteroatoms. The van der Waals surface area contributed by atoms with Gasteiger partial charge in [0.25, 0.3) is 0 Å². The largest absolute Gasteiger partial charge is 0.493 e. The molecule has 5 nitrogen and oxygen atoms in total. The van der Waals surface area contributed by atoms with Gasteiger partial charge in [0.2, 0.25) is 5.88 Å². The highest BCUT2D eigenvalue weighted by molar-refractivity contribution is 5.63. The van der Waals surface area contributed by atoms with E-state index in [-0.39, 0.29) is 5.88 Å². The summed E-state index contributed by atoms with van der Waals surface area (Å²) in [5, 5.41) is 11.0. The van der Waals surface area contributed by atoms with Gasteiger partial charge in [-0.3, -0.25) is 4.40 Å². The van der Waals surface area contributed by atoms with Gasteiger partial charge in [0.05, 0.1) is 17.8 Å². The second kappa shape index (κ2) is 7.76. The van der Waals surface area contributed by atoms with Crippen molar-refractivity contribution in [2.45, 2.75) is 26.7 Å². The van der Waals surface area contributed by atoms with Crippen LogP contribution in [0, 0.1) is 13.8 Å². The summed E-state index contributed by atoms with van der Waals surface area (Å²) < 4.78 is 7.55. The fourth-order valence-electron chi connectivity index (χ4n) is 3.82. The normalized spacial score (nSPS) is 11.3. The molecule has 2 aromatic carbocycles. The van der Waals surface area contributed by atoms with Crippen molar-refractivity contribution in [2.24, 2.45) is 0 Å². The lowest BCUT2D eigenvalue weighted by Gasteiger charge is -2.08. The van der Waals surface area contributed by atoms with E-state index in [2.05, 4.69) is 12.1 Å². The Morgan fingerprint density at radius 2 is 1.58 bits per heavy atom. The second-order valence-electron chi connectivity index (χ2n) is 7.81. The molecule has 3 aromatic heterocycles. The molecular formula is C26H23N3O2. The lowest BCUT2D eigenvalue weighted by Crippen LogP contribution is -2.00. The van der Waals surface area contributed by atoms with Crippen molar-refractivity contribution < 1.29 is 9.52 Å². The molecule has 5 rings (SSSR count). The van der Waals surface area contributed by atoms with Crippen molar-refractivity contribution >= 4 is 5.65 Å². The molecular weight excluding hydrogens is 386 g/mol. The van der Waals surface area contributed by atoms with Gasteiger partial charge in [0.15, 0.2) is 5.65 Å². The number of imidazole rings is 1. The Kier molecular flexibility index (Phi) is 4.79. The standard InChI is InChI=1S/C26H23N3O2/c1-17-13-21(31-18(17)2)15-23-26(30)29-16-24(20-11-7-4-8-12-20)27-22(25(29)28-23)14-19-9-5-3-6-10-19/h3-13,16,30H,14-15H2,1-2H3. The summed E-state index contributed by atoms with van der Waals surface area (Å²) in [6.07, 6.45) is 2.90. The quantitative estimate of drug-likeness (QED) is 0.417. The van der Waals surface area contributed by atoms with Crippen molar-refractivity contribution in [1.82, 2.24) is 14.4 Å². The number of aromatic hydroxyl groups is 1. The van der Waals surface area contributed by atoms with Gasteiger partial charge in [-0.05, 0) is 31.0 Å². The van der Waals surface area contributed by atoms with Crippen LogP contribution in [0.2, 0.25) is 0 Å². The molecule has 0 saturated heterocycles. The molecule has 0 unspecified atom stereocenters. The van der Waals surface area contributed by atoms with Crippen LogP contribution in [0.5, 0.6) is 5.88 Å². The SMILES string of the molecule is Cc1cc(Cc2nc3c(Cc4ccccc4)nc(-c4ccccc4)cn3c2O)oc1C. The molecule has 0 fully saturated rings. The van der Waals surface area contributed by atoms with Crippen LogP contribution >= 0.6 is 0 Å². The number of hydrogen-bond donors (Lipinski definition) is 1. The van der Waals surface area contributed by atoms with E-state index < -0.39 is 0 Å². The summed E-state index contributed by atoms with van der Waals surface area (Å²) in [5.41, 5.74) is 6.08. The maximum absolute atomic E-state index is 11.0. The number of rotatable bonds is 5. The van der Waals surface area contributed by atoms with Crippen molar-refractivity contribution in [2.75, 3.05) is 0 Å². The molecule has 1 N–H and O–H groups in total. The zero-order chi connectivity index (χ0) is 21.4. The highest BCUT2D eigenvalue weighted by atomic mass is 16.3. The van der Waals surface area contributed by atoms with E-state index in [0.717, 1.165) is 39.6 Å². The van der Waals surface area contributed by atoms with Crippen molar-refractivity contribution in [1.29, 1.82) is 0 Å². The van der Waals surface area contributed by atoms with Gasteiger partial charge in [0, 0.05) is 18.2 Å². The van der Waals surface area contributed by atoms with Gasteiger partial charge >= 0.3 is 0 Å². The molecule has 0 spiro atoms. The number of aromatic nitrogens is 3. The van der Waals surface area contributed by atoms with Crippen LogP contribution in [0.15, 0.2) is 77.3 Å². The summed E-state index contributed by atoms with van der Waals surface area (Å²) in [7, 11) is 0. The van der Waals surface area contributed by atoms with Crippen molar-refractivity contribution in [3.63, 3.8) is 0 Å². The molecule has 31 heavy (non-hydrogen) atoms. The molecule has 0 radical (unpaired) electrons. The third kappa shape index (κ3) is 3.70. The molecule has 0 aliphatic heterocycles. The Morgan fingerprint density at radius 3 is 2.26 bits per heavy atom. The highest BCUT2D eigenvalue weighted by Crippen LogP contribution is 2.29. The topological polar surface area (TPSA) is 63.6 Å². The van der Waals surface area contributed by atoms with Gasteiger partial charge < -0.3 is 9.52 Å². The minimum Gasteiger partial charge on any atom is -0.493 e. The Hall–Kier alpha value is -3.86. The fourth-order valence-corrected chi connectivity index (χ4v) is 3.82. The first-order chi connectivity index (χ1) is 15.1. The third-order valence-electron chi connectivity index (χ3n) is 5.56. The first-order valence-corrected chi connectivity index (χ1v) is 10.3. The first kappa shape index (κ1) is 19.1. The number of furan rings is 1. The van der Waals surface area contributed by atoms with Crippen LogP contribution in [-0.4, -0.2) is 19.5 Å². The van der Waals surface area contributed by atoms with Gasteiger partial charge in [-0.1, -0.05) is 60.7 Å². The molecule has 0 bridgehead atoms. The van der Waals surface area contributed by atoms with Gasteiger partial charge in [0.1, 0.15) is 17.2 Å². The number of hydrogen-bond acceptors (Lipinski definition) is 4. The number of fused-ring (bicyclic) bond motifs is 1. The fraction of sp³-hybridized carbons (Fsp3) is 0.154. The Balaban J connectivity index is 1.64. The van der Waals surface area contributed by atoms with Crippen LogP contribution in [0.25, 0.3) is 16.9 Å². The minimum absolute atomic E-state index is 0.121. The zero-order valence-corrected chi connectivity index (χ0v) is 17.5. The number of aryl methyl sites for hydroxylation is 2.